The van der Waals surface area contributed by atoms with Crippen LogP contribution in [0.4, 0.5) is 0 Å². The molecule has 1 atom stereocenters. The van der Waals surface area contributed by atoms with Crippen molar-refractivity contribution in [2.75, 3.05) is 14.2 Å². The molecule has 1 saturated carbocycles. The molecule has 0 aliphatic heterocycles. The summed E-state index contributed by atoms with van der Waals surface area (Å²) in [6.45, 7) is 0. The Kier molecular flexibility index (Phi) is 6.19. The van der Waals surface area contributed by atoms with Gasteiger partial charge >= 0.3 is 0 Å². The molecule has 1 unspecified atom stereocenters. The molecular formula is C17H26ClNO2. The molecule has 0 amide bonds. The normalized spacial score (nSPS) is 17.5. The molecule has 1 aromatic rings. The van der Waals surface area contributed by atoms with Crippen molar-refractivity contribution in [3.05, 3.63) is 22.7 Å². The summed E-state index contributed by atoms with van der Waals surface area (Å²) in [5.74, 6) is 2.11. The van der Waals surface area contributed by atoms with Gasteiger partial charge in [-0.05, 0) is 30.9 Å². The van der Waals surface area contributed by atoms with E-state index in [2.05, 4.69) is 0 Å². The molecule has 2 N–H and O–H groups in total. The average molecular weight is 312 g/mol. The number of methoxy groups -OCH3 is 2. The van der Waals surface area contributed by atoms with Crippen LogP contribution < -0.4 is 15.2 Å². The SMILES string of the molecule is COc1ccc(C(N)CCC2CCCCC2)c(OC)c1Cl. The number of hydrogen-bond acceptors (Lipinski definition) is 3. The minimum Gasteiger partial charge on any atom is -0.495 e. The average Bonchev–Trinajstić information content (AvgIpc) is 2.53. The van der Waals surface area contributed by atoms with Crippen molar-refractivity contribution >= 4 is 11.6 Å². The molecule has 0 radical (unpaired) electrons. The Bertz CT molecular complexity index is 458. The molecule has 1 aliphatic rings. The summed E-state index contributed by atoms with van der Waals surface area (Å²) in [5.41, 5.74) is 7.34. The Balaban J connectivity index is 2.04. The highest BCUT2D eigenvalue weighted by Gasteiger charge is 2.20. The second-order valence-electron chi connectivity index (χ2n) is 5.89. The van der Waals surface area contributed by atoms with Gasteiger partial charge in [-0.15, -0.1) is 0 Å². The van der Waals surface area contributed by atoms with Crippen LogP contribution >= 0.6 is 11.6 Å². The molecule has 1 fully saturated rings. The lowest BCUT2D eigenvalue weighted by Crippen LogP contribution is -2.15. The lowest BCUT2D eigenvalue weighted by molar-refractivity contribution is 0.322. The smallest absolute Gasteiger partial charge is 0.146 e. The van der Waals surface area contributed by atoms with Crippen LogP contribution in [0.1, 0.15) is 56.6 Å². The van der Waals surface area contributed by atoms with Crippen molar-refractivity contribution < 1.29 is 9.47 Å². The Labute approximate surface area is 132 Å². The van der Waals surface area contributed by atoms with E-state index in [1.165, 1.54) is 38.5 Å². The molecule has 21 heavy (non-hydrogen) atoms. The summed E-state index contributed by atoms with van der Waals surface area (Å²) in [6, 6.07) is 3.79. The summed E-state index contributed by atoms with van der Waals surface area (Å²) >= 11 is 6.30. The molecule has 3 nitrogen and oxygen atoms in total. The molecule has 0 spiro atoms. The van der Waals surface area contributed by atoms with E-state index in [9.17, 15) is 0 Å². The number of ether oxygens (including phenoxy) is 2. The maximum absolute atomic E-state index is 6.37. The zero-order valence-corrected chi connectivity index (χ0v) is 13.8. The third kappa shape index (κ3) is 4.04. The lowest BCUT2D eigenvalue weighted by atomic mass is 9.84. The zero-order chi connectivity index (χ0) is 15.2. The van der Waals surface area contributed by atoms with Gasteiger partial charge in [0, 0.05) is 11.6 Å². The number of nitrogens with two attached hydrogens (primary N) is 1. The Morgan fingerprint density at radius 3 is 2.52 bits per heavy atom. The van der Waals surface area contributed by atoms with E-state index in [4.69, 9.17) is 26.8 Å². The second-order valence-corrected chi connectivity index (χ2v) is 6.27. The van der Waals surface area contributed by atoms with Gasteiger partial charge in [-0.3, -0.25) is 0 Å². The number of halogens is 1. The second kappa shape index (κ2) is 7.90. The van der Waals surface area contributed by atoms with Gasteiger partial charge in [-0.1, -0.05) is 43.7 Å². The fraction of sp³-hybridized carbons (Fsp3) is 0.647. The van der Waals surface area contributed by atoms with Gasteiger partial charge in [0.1, 0.15) is 16.5 Å². The van der Waals surface area contributed by atoms with Crippen molar-refractivity contribution in [1.82, 2.24) is 0 Å². The molecule has 2 rings (SSSR count). The number of benzene rings is 1. The lowest BCUT2D eigenvalue weighted by Gasteiger charge is -2.24. The van der Waals surface area contributed by atoms with Crippen LogP contribution in [0.15, 0.2) is 12.1 Å². The minimum atomic E-state index is -0.0368. The van der Waals surface area contributed by atoms with Crippen LogP contribution in [-0.4, -0.2) is 14.2 Å². The predicted molar refractivity (Wildman–Crippen MR) is 87.3 cm³/mol. The van der Waals surface area contributed by atoms with E-state index in [1.54, 1.807) is 14.2 Å². The standard InChI is InChI=1S/C17H26ClNO2/c1-20-15-11-9-13(17(21-2)16(15)18)14(19)10-8-12-6-4-3-5-7-12/h9,11-12,14H,3-8,10,19H2,1-2H3. The Hall–Kier alpha value is -0.930. The first-order chi connectivity index (χ1) is 10.2. The van der Waals surface area contributed by atoms with E-state index in [1.807, 2.05) is 12.1 Å². The molecule has 0 aromatic heterocycles. The number of hydrogen-bond donors (Lipinski definition) is 1. The quantitative estimate of drug-likeness (QED) is 0.827. The molecule has 0 bridgehead atoms. The first-order valence-corrected chi connectivity index (χ1v) is 8.21. The minimum absolute atomic E-state index is 0.0368. The first-order valence-electron chi connectivity index (χ1n) is 7.83. The van der Waals surface area contributed by atoms with Crippen LogP contribution in [0.25, 0.3) is 0 Å². The number of rotatable bonds is 6. The monoisotopic (exact) mass is 311 g/mol. The van der Waals surface area contributed by atoms with Crippen molar-refractivity contribution in [1.29, 1.82) is 0 Å². The molecule has 0 heterocycles. The third-order valence-electron chi connectivity index (χ3n) is 4.53. The highest BCUT2D eigenvalue weighted by Crippen LogP contribution is 2.40. The summed E-state index contributed by atoms with van der Waals surface area (Å²) in [5, 5.41) is 0.505. The van der Waals surface area contributed by atoms with E-state index in [0.717, 1.165) is 17.9 Å². The van der Waals surface area contributed by atoms with Gasteiger partial charge in [0.15, 0.2) is 0 Å². The predicted octanol–water partition coefficient (Wildman–Crippen LogP) is 4.72. The summed E-state index contributed by atoms with van der Waals surface area (Å²) in [4.78, 5) is 0. The molecule has 0 saturated heterocycles. The van der Waals surface area contributed by atoms with Crippen LogP contribution in [-0.2, 0) is 0 Å². The maximum Gasteiger partial charge on any atom is 0.146 e. The summed E-state index contributed by atoms with van der Waals surface area (Å²) in [7, 11) is 3.22. The molecule has 1 aliphatic carbocycles. The Morgan fingerprint density at radius 2 is 1.90 bits per heavy atom. The Morgan fingerprint density at radius 1 is 1.19 bits per heavy atom. The maximum atomic E-state index is 6.37. The van der Waals surface area contributed by atoms with E-state index < -0.39 is 0 Å². The van der Waals surface area contributed by atoms with E-state index >= 15 is 0 Å². The summed E-state index contributed by atoms with van der Waals surface area (Å²) in [6.07, 6.45) is 9.01. The zero-order valence-electron chi connectivity index (χ0n) is 13.0. The molecular weight excluding hydrogens is 286 g/mol. The van der Waals surface area contributed by atoms with Gasteiger partial charge in [0.2, 0.25) is 0 Å². The van der Waals surface area contributed by atoms with Crippen LogP contribution in [0.3, 0.4) is 0 Å². The van der Waals surface area contributed by atoms with Crippen molar-refractivity contribution in [3.63, 3.8) is 0 Å². The van der Waals surface area contributed by atoms with Gasteiger partial charge in [-0.25, -0.2) is 0 Å². The summed E-state index contributed by atoms with van der Waals surface area (Å²) < 4.78 is 10.7. The van der Waals surface area contributed by atoms with Crippen LogP contribution in [0, 0.1) is 5.92 Å². The van der Waals surface area contributed by atoms with Gasteiger partial charge in [0.05, 0.1) is 14.2 Å². The van der Waals surface area contributed by atoms with Crippen molar-refractivity contribution in [3.8, 4) is 11.5 Å². The van der Waals surface area contributed by atoms with Gasteiger partial charge in [0.25, 0.3) is 0 Å². The molecule has 1 aromatic carbocycles. The van der Waals surface area contributed by atoms with E-state index in [0.29, 0.717) is 16.5 Å². The molecule has 4 heteroatoms. The van der Waals surface area contributed by atoms with Gasteiger partial charge < -0.3 is 15.2 Å². The largest absolute Gasteiger partial charge is 0.495 e. The van der Waals surface area contributed by atoms with E-state index in [-0.39, 0.29) is 6.04 Å². The van der Waals surface area contributed by atoms with Crippen molar-refractivity contribution in [2.24, 2.45) is 11.7 Å². The highest BCUT2D eigenvalue weighted by atomic mass is 35.5. The molecule has 118 valence electrons. The van der Waals surface area contributed by atoms with Crippen LogP contribution in [0.2, 0.25) is 5.02 Å². The topological polar surface area (TPSA) is 44.5 Å². The third-order valence-corrected chi connectivity index (χ3v) is 4.88. The van der Waals surface area contributed by atoms with Crippen molar-refractivity contribution in [2.45, 2.75) is 51.0 Å². The highest BCUT2D eigenvalue weighted by molar-refractivity contribution is 6.33. The van der Waals surface area contributed by atoms with Crippen LogP contribution in [0.5, 0.6) is 11.5 Å². The fourth-order valence-electron chi connectivity index (χ4n) is 3.26. The fourth-order valence-corrected chi connectivity index (χ4v) is 3.58. The van der Waals surface area contributed by atoms with Gasteiger partial charge in [-0.2, -0.15) is 0 Å². The first kappa shape index (κ1) is 16.4.